The molecule has 99 heavy (non-hydrogen) atoms. The highest BCUT2D eigenvalue weighted by Gasteiger charge is 2.20. The molecule has 10 aromatic rings. The van der Waals surface area contributed by atoms with E-state index in [1.165, 1.54) is 114 Å². The van der Waals surface area contributed by atoms with E-state index in [2.05, 4.69) is 41.4 Å². The number of anilines is 3. The number of nitrogen functional groups attached to an aromatic ring is 1. The second kappa shape index (κ2) is 38.2. The van der Waals surface area contributed by atoms with E-state index in [0.717, 1.165) is 40.6 Å². The third kappa shape index (κ3) is 23.8. The van der Waals surface area contributed by atoms with Gasteiger partial charge in [-0.2, -0.15) is 10.2 Å². The van der Waals surface area contributed by atoms with Crippen LogP contribution in [0, 0.1) is 40.5 Å². The van der Waals surface area contributed by atoms with Gasteiger partial charge in [-0.25, -0.2) is 30.4 Å². The number of aromatic nitrogens is 3. The molecule has 0 radical (unpaired) electrons. The number of nitrogens with two attached hydrogens (primary N) is 1. The number of hydrogen-bond donors (Lipinski definition) is 7. The Kier molecular flexibility index (Phi) is 31.1. The fourth-order valence-electron chi connectivity index (χ4n) is 7.28. The molecule has 0 saturated heterocycles. The molecule has 0 spiro atoms. The quantitative estimate of drug-likeness (QED) is 0.00987. The minimum absolute atomic E-state index is 0. The van der Waals surface area contributed by atoms with Gasteiger partial charge in [-0.3, -0.25) is 66.3 Å². The van der Waals surface area contributed by atoms with E-state index in [0.29, 0.717) is 62.5 Å². The number of ketones is 2. The number of nitro benzene ring substituents is 4. The predicted molar refractivity (Wildman–Crippen MR) is 381 cm³/mol. The van der Waals surface area contributed by atoms with Crippen LogP contribution in [0.5, 0.6) is 0 Å². The number of carboxylic acids is 3. The van der Waals surface area contributed by atoms with Crippen molar-refractivity contribution in [2.24, 2.45) is 16.0 Å². The van der Waals surface area contributed by atoms with Gasteiger partial charge < -0.3 is 26.3 Å². The zero-order valence-corrected chi connectivity index (χ0v) is 56.4. The number of carbonyl (C=O) groups is 5. The molecule has 0 aliphatic carbocycles. The minimum Gasteiger partial charge on any atom is -0.543 e. The summed E-state index contributed by atoms with van der Waals surface area (Å²) in [5, 5.41) is 88.4. The van der Waals surface area contributed by atoms with E-state index in [4.69, 9.17) is 80.6 Å². The number of Topliss-reactive ketones (excluding diaryl/α,β-unsaturated/α-hetero) is 2. The van der Waals surface area contributed by atoms with Gasteiger partial charge in [0, 0.05) is 104 Å². The van der Waals surface area contributed by atoms with E-state index in [1.54, 1.807) is 65.4 Å². The molecule has 0 unspecified atom stereocenters. The molecule has 0 aliphatic rings. The number of thiazole rings is 3. The van der Waals surface area contributed by atoms with Crippen LogP contribution in [-0.4, -0.2) is 85.8 Å². The fourth-order valence-corrected chi connectivity index (χ4v) is 10.1. The van der Waals surface area contributed by atoms with Gasteiger partial charge in [0.25, 0.3) is 28.5 Å². The lowest BCUT2D eigenvalue weighted by Gasteiger charge is -2.07. The lowest BCUT2D eigenvalue weighted by atomic mass is 10.1. The molecule has 3 heterocycles. The summed E-state index contributed by atoms with van der Waals surface area (Å²) in [6.45, 7) is 1.37. The van der Waals surface area contributed by atoms with Crippen LogP contribution in [0.3, 0.4) is 0 Å². The number of benzene rings is 7. The average Bonchev–Trinajstić information content (AvgIpc) is 1.76. The largest absolute Gasteiger partial charge is 0.543 e. The smallest absolute Gasteiger partial charge is 0.377 e. The summed E-state index contributed by atoms with van der Waals surface area (Å²) in [6, 6.07) is 36.0. The molecule has 10 rings (SSSR count). The Hall–Kier alpha value is -10.8. The molecule has 512 valence electrons. The molecule has 0 atom stereocenters. The number of quaternary nitrogens is 1. The maximum absolute atomic E-state index is 11.5. The number of hydrazone groups is 2. The van der Waals surface area contributed by atoms with Crippen LogP contribution in [-0.2, 0) is 14.4 Å². The van der Waals surface area contributed by atoms with Gasteiger partial charge in [0.05, 0.1) is 72.9 Å². The maximum Gasteiger partial charge on any atom is 0.377 e. The first-order valence-electron chi connectivity index (χ1n) is 26.1. The molecule has 0 aliphatic heterocycles. The van der Waals surface area contributed by atoms with Crippen molar-refractivity contribution in [1.82, 2.24) is 21.1 Å². The SMILES string of the molecule is C.CC(=O)c1cccc([N+](=O)[O-])c1.NNc1nc(-c2ccc(Cl)c(Cl)c2)cs1.O=C(O)/C(=N/Nc1nc(-c2ccc(Cl)c(Cl)c2)cs1)c1cccc([N+](=O)[O-])c1.O=C(O)C(=O)c1cccc([N+](=O)[O-])c1.O=C([O-])/C(=N\Nc1nc(-c2ccc(Cl)c(Cl)c2)cs1)c1cccc([N+](=O)[O-])c1.[NH4+]. The highest BCUT2D eigenvalue weighted by molar-refractivity contribution is 7.14. The van der Waals surface area contributed by atoms with E-state index in [1.807, 2.05) is 11.4 Å². The topological polar surface area (TPSA) is 483 Å². The Morgan fingerprint density at radius 2 is 0.768 bits per heavy atom. The molecule has 3 aromatic heterocycles. The lowest BCUT2D eigenvalue weighted by Crippen LogP contribution is -2.33. The van der Waals surface area contributed by atoms with Crippen LogP contribution >= 0.6 is 104 Å². The number of rotatable bonds is 19. The van der Waals surface area contributed by atoms with Crippen LogP contribution < -0.4 is 33.4 Å². The first kappa shape index (κ1) is 80.6. The molecular formula is C60H46Cl6N14O16S3. The van der Waals surface area contributed by atoms with Gasteiger partial charge in [-0.05, 0) is 43.3 Å². The van der Waals surface area contributed by atoms with Gasteiger partial charge in [-0.1, -0.05) is 144 Å². The van der Waals surface area contributed by atoms with E-state index in [9.17, 15) is 74.6 Å². The zero-order valence-electron chi connectivity index (χ0n) is 49.4. The summed E-state index contributed by atoms with van der Waals surface area (Å²) in [6.07, 6.45) is 0. The summed E-state index contributed by atoms with van der Waals surface area (Å²) in [4.78, 5) is 108. The Bertz CT molecular complexity index is 4530. The van der Waals surface area contributed by atoms with Crippen molar-refractivity contribution in [3.05, 3.63) is 261 Å². The highest BCUT2D eigenvalue weighted by Crippen LogP contribution is 2.34. The first-order valence-corrected chi connectivity index (χ1v) is 31.0. The minimum atomic E-state index is -1.63. The molecule has 39 heteroatoms. The van der Waals surface area contributed by atoms with Crippen molar-refractivity contribution in [2.45, 2.75) is 14.4 Å². The number of carbonyl (C=O) groups excluding carboxylic acids is 3. The van der Waals surface area contributed by atoms with Crippen molar-refractivity contribution in [1.29, 1.82) is 0 Å². The van der Waals surface area contributed by atoms with Crippen molar-refractivity contribution in [3.63, 3.8) is 0 Å². The Morgan fingerprint density at radius 1 is 0.455 bits per heavy atom. The normalized spacial score (nSPS) is 10.4. The highest BCUT2D eigenvalue weighted by atomic mass is 35.5. The Labute approximate surface area is 599 Å². The van der Waals surface area contributed by atoms with Crippen molar-refractivity contribution in [2.75, 3.05) is 16.3 Å². The second-order valence-corrected chi connectivity index (χ2v) is 23.3. The molecule has 0 amide bonds. The molecule has 0 fully saturated rings. The van der Waals surface area contributed by atoms with Gasteiger partial charge in [0.2, 0.25) is 10.3 Å². The number of nitrogens with zero attached hydrogens (tertiary/aromatic N) is 9. The molecule has 11 N–H and O–H groups in total. The number of nitrogens with one attached hydrogen (secondary N) is 3. The number of nitro groups is 4. The fraction of sp³-hybridized carbons (Fsp3) is 0.0333. The number of carboxylic acid groups (broad SMARTS) is 3. The summed E-state index contributed by atoms with van der Waals surface area (Å²) >= 11 is 39.3. The number of non-ortho nitro benzene ring substituents is 4. The third-order valence-corrected chi connectivity index (χ3v) is 16.3. The van der Waals surface area contributed by atoms with Gasteiger partial charge in [0.1, 0.15) is 5.71 Å². The Balaban J connectivity index is 0.000000273. The lowest BCUT2D eigenvalue weighted by molar-refractivity contribution is -0.385. The van der Waals surface area contributed by atoms with E-state index in [-0.39, 0.29) is 64.5 Å². The van der Waals surface area contributed by atoms with Crippen LogP contribution in [0.25, 0.3) is 33.8 Å². The standard InChI is InChI=1S/2C17H10Cl2N4O4S.C9H7Cl2N3S.C8H5NO5.C8H7NO3.CH4.H3N/c2*18-12-5-4-9(7-13(12)19)14-8-28-17(20-14)22-21-15(16(24)25)10-2-1-3-11(6-10)23(26)27;10-6-2-1-5(3-7(6)11)8-4-15-9(13-8)14-12;10-7(8(11)12)5-2-1-3-6(4-5)9(13)14;1-6(10)7-3-2-4-8(5-7)9(11)12;;/h2*1-8H,(H,20,22)(H,24,25);1-4H,12H2,(H,13,14);1-4H,(H,11,12);2-5H,1H3;1H4;1H3/b21-15+;21-15-;;;;;. The van der Waals surface area contributed by atoms with Crippen molar-refractivity contribution >= 4 is 183 Å². The number of aliphatic carboxylic acids is 3. The summed E-state index contributed by atoms with van der Waals surface area (Å²) in [5.41, 5.74) is 10.6. The molecule has 7 aromatic carbocycles. The summed E-state index contributed by atoms with van der Waals surface area (Å²) in [7, 11) is 0. The van der Waals surface area contributed by atoms with Gasteiger partial charge in [0.15, 0.2) is 16.6 Å². The van der Waals surface area contributed by atoms with Crippen LogP contribution in [0.2, 0.25) is 30.1 Å². The third-order valence-electron chi connectivity index (χ3n) is 11.8. The van der Waals surface area contributed by atoms with Gasteiger partial charge in [-0.15, -0.1) is 34.0 Å². The predicted octanol–water partition coefficient (Wildman–Crippen LogP) is 15.6. The van der Waals surface area contributed by atoms with Gasteiger partial charge >= 0.3 is 11.9 Å². The molecule has 0 saturated carbocycles. The van der Waals surface area contributed by atoms with Crippen molar-refractivity contribution in [3.8, 4) is 33.8 Å². The Morgan fingerprint density at radius 3 is 1.08 bits per heavy atom. The molecular weight excluding hydrogens is 1480 g/mol. The number of hydrazine groups is 1. The monoisotopic (exact) mass is 1520 g/mol. The number of hydrogen-bond acceptors (Lipinski definition) is 26. The van der Waals surface area contributed by atoms with E-state index < -0.39 is 49.1 Å². The first-order chi connectivity index (χ1) is 46.0. The van der Waals surface area contributed by atoms with Crippen LogP contribution in [0.1, 0.15) is 46.2 Å². The zero-order chi connectivity index (χ0) is 71.2. The van der Waals surface area contributed by atoms with E-state index >= 15 is 0 Å². The van der Waals surface area contributed by atoms with Crippen LogP contribution in [0.4, 0.5) is 38.1 Å². The number of halogens is 6. The molecule has 30 nitrogen and oxygen atoms in total. The average molecular weight is 1530 g/mol. The summed E-state index contributed by atoms with van der Waals surface area (Å²) < 4.78 is 0. The summed E-state index contributed by atoms with van der Waals surface area (Å²) in [5.74, 6) is -0.642. The molecule has 0 bridgehead atoms. The second-order valence-electron chi connectivity index (χ2n) is 18.3. The maximum atomic E-state index is 11.5. The van der Waals surface area contributed by atoms with Crippen LogP contribution in [0.15, 0.2) is 178 Å². The van der Waals surface area contributed by atoms with Crippen molar-refractivity contribution < 1.29 is 59.0 Å².